The lowest BCUT2D eigenvalue weighted by Crippen LogP contribution is -1.84. The second-order valence-electron chi connectivity index (χ2n) is 4.47. The van der Waals surface area contributed by atoms with Gasteiger partial charge in [0, 0.05) is 0 Å². The minimum Gasteiger partial charge on any atom is -0.0991 e. The summed E-state index contributed by atoms with van der Waals surface area (Å²) in [5.74, 6) is 0. The van der Waals surface area contributed by atoms with Gasteiger partial charge in [-0.1, -0.05) is 99.2 Å². The molecule has 0 nitrogen and oxygen atoms in total. The molecule has 0 aromatic rings. The van der Waals surface area contributed by atoms with Gasteiger partial charge in [-0.3, -0.25) is 0 Å². The van der Waals surface area contributed by atoms with Crippen LogP contribution in [0.15, 0.2) is 122 Å². The summed E-state index contributed by atoms with van der Waals surface area (Å²) in [5.41, 5.74) is 4.25. The van der Waals surface area contributed by atoms with Gasteiger partial charge in [-0.15, -0.1) is 0 Å². The Morgan fingerprint density at radius 3 is 1.68 bits per heavy atom. The molecule has 0 atom stereocenters. The maximum atomic E-state index is 3.87. The topological polar surface area (TPSA) is 0 Å². The highest BCUT2D eigenvalue weighted by molar-refractivity contribution is 5.50. The van der Waals surface area contributed by atoms with Crippen molar-refractivity contribution in [2.45, 2.75) is 13.8 Å². The van der Waals surface area contributed by atoms with E-state index in [0.717, 1.165) is 22.3 Å². The van der Waals surface area contributed by atoms with Crippen LogP contribution in [0.5, 0.6) is 0 Å². The summed E-state index contributed by atoms with van der Waals surface area (Å²) < 4.78 is 0. The van der Waals surface area contributed by atoms with Crippen molar-refractivity contribution < 1.29 is 0 Å². The van der Waals surface area contributed by atoms with Crippen molar-refractivity contribution >= 4 is 0 Å². The number of hydrogen-bond donors (Lipinski definition) is 0. The van der Waals surface area contributed by atoms with Crippen molar-refractivity contribution in [3.05, 3.63) is 122 Å². The molecule has 0 heterocycles. The Morgan fingerprint density at radius 1 is 0.636 bits per heavy atom. The van der Waals surface area contributed by atoms with Gasteiger partial charge >= 0.3 is 0 Å². The summed E-state index contributed by atoms with van der Waals surface area (Å²) in [6.45, 7) is 19.3. The van der Waals surface area contributed by atoms with Crippen molar-refractivity contribution in [3.8, 4) is 0 Å². The van der Waals surface area contributed by atoms with Gasteiger partial charge in [0.25, 0.3) is 0 Å². The molecular weight excluding hydrogens is 264 g/mol. The van der Waals surface area contributed by atoms with Gasteiger partial charge in [0.2, 0.25) is 0 Å². The van der Waals surface area contributed by atoms with Gasteiger partial charge in [0.15, 0.2) is 0 Å². The summed E-state index contributed by atoms with van der Waals surface area (Å²) in [6.07, 6.45) is 23.1. The molecule has 0 aliphatic heterocycles. The largest absolute Gasteiger partial charge is 0.0991 e. The molecule has 0 N–H and O–H groups in total. The highest BCUT2D eigenvalue weighted by Crippen LogP contribution is 2.16. The van der Waals surface area contributed by atoms with Crippen LogP contribution < -0.4 is 0 Å². The van der Waals surface area contributed by atoms with Gasteiger partial charge in [-0.2, -0.15) is 0 Å². The third-order valence-corrected chi connectivity index (χ3v) is 2.95. The molecule has 114 valence electrons. The van der Waals surface area contributed by atoms with Crippen LogP contribution in [0.25, 0.3) is 0 Å². The molecule has 0 spiro atoms. The molecule has 0 aliphatic rings. The van der Waals surface area contributed by atoms with E-state index < -0.39 is 0 Å². The van der Waals surface area contributed by atoms with Crippen LogP contribution in [0, 0.1) is 0 Å². The van der Waals surface area contributed by atoms with Crippen molar-refractivity contribution in [1.29, 1.82) is 0 Å². The van der Waals surface area contributed by atoms with E-state index >= 15 is 0 Å². The first kappa shape index (κ1) is 19.4. The van der Waals surface area contributed by atoms with Crippen molar-refractivity contribution in [3.63, 3.8) is 0 Å². The summed E-state index contributed by atoms with van der Waals surface area (Å²) in [6, 6.07) is 0. The fourth-order valence-electron chi connectivity index (χ4n) is 1.67. The van der Waals surface area contributed by atoms with Crippen molar-refractivity contribution in [2.75, 3.05) is 0 Å². The quantitative estimate of drug-likeness (QED) is 0.420. The fraction of sp³-hybridized carbons (Fsp3) is 0.0909. The standard InChI is InChI=1S/C22H26/c1-7-12-14-16-20(9-3)19(6)17-18-22(11-5)21(10-4)15-13-8-2/h7-18H,1,3-5H2,2,6H3/b13-8-,14-12-,19-17+,20-16+,21-15+,22-18+. The van der Waals surface area contributed by atoms with Crippen LogP contribution in [0.3, 0.4) is 0 Å². The first-order valence-electron chi connectivity index (χ1n) is 7.23. The van der Waals surface area contributed by atoms with Crippen LogP contribution >= 0.6 is 0 Å². The van der Waals surface area contributed by atoms with Crippen molar-refractivity contribution in [2.24, 2.45) is 0 Å². The summed E-state index contributed by atoms with van der Waals surface area (Å²) >= 11 is 0. The molecule has 0 aromatic carbocycles. The van der Waals surface area contributed by atoms with Gasteiger partial charge in [0.05, 0.1) is 0 Å². The van der Waals surface area contributed by atoms with E-state index in [1.807, 2.05) is 67.7 Å². The molecule has 0 rings (SSSR count). The minimum absolute atomic E-state index is 1.03. The summed E-state index contributed by atoms with van der Waals surface area (Å²) in [4.78, 5) is 0. The molecule has 0 saturated heterocycles. The lowest BCUT2D eigenvalue weighted by molar-refractivity contribution is 1.42. The Bertz CT molecular complexity index is 582. The number of allylic oxidation sites excluding steroid dienone is 16. The predicted molar refractivity (Wildman–Crippen MR) is 103 cm³/mol. The van der Waals surface area contributed by atoms with Crippen LogP contribution in [0.1, 0.15) is 13.8 Å². The molecule has 0 aromatic heterocycles. The third-order valence-electron chi connectivity index (χ3n) is 2.95. The monoisotopic (exact) mass is 290 g/mol. The lowest BCUT2D eigenvalue weighted by Gasteiger charge is -2.03. The average molecular weight is 290 g/mol. The summed E-state index contributed by atoms with van der Waals surface area (Å²) in [5, 5.41) is 0. The third kappa shape index (κ3) is 7.25. The van der Waals surface area contributed by atoms with Crippen LogP contribution in [-0.2, 0) is 0 Å². The first-order chi connectivity index (χ1) is 10.6. The number of hydrogen-bond acceptors (Lipinski definition) is 0. The SMILES string of the molecule is C=C\C=C/C=C(C=C)/C(C)=C/C=C(C=C)/C(C=C)=C/C=C\C. The van der Waals surface area contributed by atoms with Crippen LogP contribution in [-0.4, -0.2) is 0 Å². The van der Waals surface area contributed by atoms with E-state index in [-0.39, 0.29) is 0 Å². The molecule has 0 aliphatic carbocycles. The molecular formula is C22H26. The minimum atomic E-state index is 1.03. The Labute approximate surface area is 136 Å². The Morgan fingerprint density at radius 2 is 1.18 bits per heavy atom. The van der Waals surface area contributed by atoms with Gasteiger partial charge in [0.1, 0.15) is 0 Å². The normalized spacial score (nSPS) is 14.5. The second-order valence-corrected chi connectivity index (χ2v) is 4.47. The van der Waals surface area contributed by atoms with Gasteiger partial charge < -0.3 is 0 Å². The Hall–Kier alpha value is -2.60. The average Bonchev–Trinajstić information content (AvgIpc) is 2.54. The van der Waals surface area contributed by atoms with Crippen LogP contribution in [0.2, 0.25) is 0 Å². The number of rotatable bonds is 9. The van der Waals surface area contributed by atoms with E-state index in [0.29, 0.717) is 0 Å². The van der Waals surface area contributed by atoms with E-state index in [4.69, 9.17) is 0 Å². The molecule has 0 bridgehead atoms. The van der Waals surface area contributed by atoms with E-state index in [1.54, 1.807) is 6.08 Å². The molecule has 0 saturated carbocycles. The van der Waals surface area contributed by atoms with Gasteiger partial charge in [-0.25, -0.2) is 0 Å². The zero-order chi connectivity index (χ0) is 16.8. The van der Waals surface area contributed by atoms with E-state index in [2.05, 4.69) is 39.3 Å². The van der Waals surface area contributed by atoms with E-state index in [1.165, 1.54) is 0 Å². The van der Waals surface area contributed by atoms with E-state index in [9.17, 15) is 0 Å². The molecule has 22 heavy (non-hydrogen) atoms. The van der Waals surface area contributed by atoms with Crippen molar-refractivity contribution in [1.82, 2.24) is 0 Å². The lowest BCUT2D eigenvalue weighted by atomic mass is 10.0. The highest BCUT2D eigenvalue weighted by Gasteiger charge is 1.96. The first-order valence-corrected chi connectivity index (χ1v) is 7.23. The Balaban J connectivity index is 5.54. The molecule has 0 heteroatoms. The highest BCUT2D eigenvalue weighted by atomic mass is 14.0. The zero-order valence-corrected chi connectivity index (χ0v) is 13.8. The fourth-order valence-corrected chi connectivity index (χ4v) is 1.67. The van der Waals surface area contributed by atoms with Crippen LogP contribution in [0.4, 0.5) is 0 Å². The zero-order valence-electron chi connectivity index (χ0n) is 13.8. The maximum Gasteiger partial charge on any atom is -0.0190 e. The molecule has 0 unspecified atom stereocenters. The second kappa shape index (κ2) is 12.2. The smallest absolute Gasteiger partial charge is 0.0190 e. The maximum absolute atomic E-state index is 3.87. The Kier molecular flexibility index (Phi) is 10.7. The summed E-state index contributed by atoms with van der Waals surface area (Å²) in [7, 11) is 0. The molecule has 0 fully saturated rings. The predicted octanol–water partition coefficient (Wildman–Crippen LogP) is 6.59. The van der Waals surface area contributed by atoms with Gasteiger partial charge in [-0.05, 0) is 36.1 Å². The molecule has 0 amide bonds. The molecule has 0 radical (unpaired) electrons.